The maximum Gasteiger partial charge on any atom is 0.407 e. The monoisotopic (exact) mass is 329 g/mol. The predicted octanol–water partition coefficient (Wildman–Crippen LogP) is 0.820. The van der Waals surface area contributed by atoms with Gasteiger partial charge >= 0.3 is 12.1 Å². The minimum atomic E-state index is -1.93. The number of ether oxygens (including phenoxy) is 1. The van der Waals surface area contributed by atoms with Crippen LogP contribution < -0.4 is 0 Å². The molecule has 128 valence electrons. The average Bonchev–Trinajstić information content (AvgIpc) is 2.92. The molecule has 0 atom stereocenters. The number of likely N-dealkylation sites (tertiary alicyclic amines) is 2. The number of rotatable bonds is 2. The molecule has 0 aromatic carbocycles. The Morgan fingerprint density at radius 2 is 2.04 bits per heavy atom. The van der Waals surface area contributed by atoms with E-state index < -0.39 is 23.3 Å². The summed E-state index contributed by atoms with van der Waals surface area (Å²) >= 11 is 0. The Morgan fingerprint density at radius 1 is 1.39 bits per heavy atom. The van der Waals surface area contributed by atoms with Crippen LogP contribution in [0.3, 0.4) is 0 Å². The average molecular weight is 329 g/mol. The van der Waals surface area contributed by atoms with E-state index in [2.05, 4.69) is 5.16 Å². The van der Waals surface area contributed by atoms with Crippen LogP contribution in [-0.4, -0.2) is 76.9 Å². The zero-order valence-electron chi connectivity index (χ0n) is 13.0. The van der Waals surface area contributed by atoms with Gasteiger partial charge in [0.05, 0.1) is 26.1 Å². The fourth-order valence-electron chi connectivity index (χ4n) is 3.21. The van der Waals surface area contributed by atoms with E-state index in [0.717, 1.165) is 0 Å². The van der Waals surface area contributed by atoms with Gasteiger partial charge in [-0.2, -0.15) is 0 Å². The lowest BCUT2D eigenvalue weighted by molar-refractivity contribution is -0.160. The Balaban J connectivity index is 1.52. The van der Waals surface area contributed by atoms with E-state index >= 15 is 0 Å². The van der Waals surface area contributed by atoms with Crippen LogP contribution in [0.5, 0.6) is 0 Å². The molecule has 0 aromatic rings. The maximum absolute atomic E-state index is 14.5. The number of hydrogen-bond acceptors (Lipinski definition) is 6. The molecule has 3 aliphatic rings. The van der Waals surface area contributed by atoms with Crippen LogP contribution in [0, 0.1) is 0 Å². The lowest BCUT2D eigenvalue weighted by atomic mass is 9.89. The lowest BCUT2D eigenvalue weighted by Crippen LogP contribution is -2.63. The smallest absolute Gasteiger partial charge is 0.407 e. The Kier molecular flexibility index (Phi) is 3.81. The molecule has 9 heteroatoms. The molecule has 0 unspecified atom stereocenters. The molecule has 1 N–H and O–H groups in total. The van der Waals surface area contributed by atoms with Gasteiger partial charge < -0.3 is 19.6 Å². The van der Waals surface area contributed by atoms with Crippen molar-refractivity contribution in [1.82, 2.24) is 9.80 Å². The molecule has 0 aromatic heterocycles. The zero-order valence-corrected chi connectivity index (χ0v) is 13.0. The number of oxime groups is 1. The Bertz CT molecular complexity index is 539. The van der Waals surface area contributed by atoms with Crippen LogP contribution >= 0.6 is 0 Å². The maximum atomic E-state index is 14.5. The number of piperidine rings is 1. The summed E-state index contributed by atoms with van der Waals surface area (Å²) in [6.45, 7) is 3.11. The van der Waals surface area contributed by atoms with E-state index in [0.29, 0.717) is 38.4 Å². The van der Waals surface area contributed by atoms with Crippen LogP contribution in [0.1, 0.15) is 26.2 Å². The Morgan fingerprint density at radius 3 is 2.61 bits per heavy atom. The molecule has 1 spiro atoms. The standard InChI is InChI=1S/C14H20FN3O5/c1-2-22-11(19)14(15)3-5-17(6-4-14)10-7-13(23-16-10)8-18(9-13)12(20)21/h2-9H2,1H3,(H,20,21). The van der Waals surface area contributed by atoms with E-state index in [1.54, 1.807) is 6.92 Å². The molecular formula is C14H20FN3O5. The number of halogens is 1. The number of carbonyl (C=O) groups excluding carboxylic acids is 1. The van der Waals surface area contributed by atoms with Gasteiger partial charge in [-0.1, -0.05) is 5.16 Å². The van der Waals surface area contributed by atoms with Crippen molar-refractivity contribution >= 4 is 17.9 Å². The third-order valence-electron chi connectivity index (χ3n) is 4.62. The molecule has 3 heterocycles. The topological polar surface area (TPSA) is 91.7 Å². The molecule has 0 saturated carbocycles. The number of amides is 1. The molecule has 0 aliphatic carbocycles. The second-order valence-electron chi connectivity index (χ2n) is 6.27. The van der Waals surface area contributed by atoms with E-state index in [1.807, 2.05) is 4.90 Å². The summed E-state index contributed by atoms with van der Waals surface area (Å²) in [5.74, 6) is -0.0993. The van der Waals surface area contributed by atoms with Gasteiger partial charge in [0.2, 0.25) is 5.67 Å². The highest BCUT2D eigenvalue weighted by Crippen LogP contribution is 2.36. The SMILES string of the molecule is CCOC(=O)C1(F)CCN(C2=NOC3(C2)CN(C(=O)O)C3)CC1. The van der Waals surface area contributed by atoms with Gasteiger partial charge in [-0.3, -0.25) is 4.90 Å². The highest BCUT2D eigenvalue weighted by atomic mass is 19.1. The molecule has 1 amide bonds. The molecule has 2 fully saturated rings. The largest absolute Gasteiger partial charge is 0.465 e. The Hall–Kier alpha value is -2.06. The van der Waals surface area contributed by atoms with E-state index in [4.69, 9.17) is 14.7 Å². The third-order valence-corrected chi connectivity index (χ3v) is 4.62. The summed E-state index contributed by atoms with van der Waals surface area (Å²) in [5.41, 5.74) is -2.50. The van der Waals surface area contributed by atoms with Crippen LogP contribution in [0.4, 0.5) is 9.18 Å². The van der Waals surface area contributed by atoms with Crippen molar-refractivity contribution < 1.29 is 28.7 Å². The number of carboxylic acid groups (broad SMARTS) is 1. The third kappa shape index (κ3) is 2.79. The van der Waals surface area contributed by atoms with Crippen molar-refractivity contribution in [2.24, 2.45) is 5.16 Å². The Labute approximate surface area is 132 Å². The first-order valence-corrected chi connectivity index (χ1v) is 7.71. The van der Waals surface area contributed by atoms with Crippen molar-refractivity contribution in [2.45, 2.75) is 37.5 Å². The van der Waals surface area contributed by atoms with Crippen molar-refractivity contribution in [1.29, 1.82) is 0 Å². The molecular weight excluding hydrogens is 309 g/mol. The number of hydrogen-bond donors (Lipinski definition) is 1. The fourth-order valence-corrected chi connectivity index (χ4v) is 3.21. The summed E-state index contributed by atoms with van der Waals surface area (Å²) in [4.78, 5) is 31.1. The summed E-state index contributed by atoms with van der Waals surface area (Å²) in [6, 6.07) is 0. The van der Waals surface area contributed by atoms with Gasteiger partial charge in [0.25, 0.3) is 0 Å². The van der Waals surface area contributed by atoms with Gasteiger partial charge in [-0.05, 0) is 6.92 Å². The second-order valence-corrected chi connectivity index (χ2v) is 6.27. The molecule has 2 saturated heterocycles. The van der Waals surface area contributed by atoms with Crippen LogP contribution in [0.15, 0.2) is 5.16 Å². The van der Waals surface area contributed by atoms with Crippen molar-refractivity contribution in [3.63, 3.8) is 0 Å². The minimum Gasteiger partial charge on any atom is -0.465 e. The quantitative estimate of drug-likeness (QED) is 0.754. The van der Waals surface area contributed by atoms with Crippen LogP contribution in [0.25, 0.3) is 0 Å². The van der Waals surface area contributed by atoms with Gasteiger partial charge in [0, 0.05) is 25.9 Å². The first-order chi connectivity index (χ1) is 10.9. The minimum absolute atomic E-state index is 0.0547. The van der Waals surface area contributed by atoms with Crippen LogP contribution in [-0.2, 0) is 14.4 Å². The fraction of sp³-hybridized carbons (Fsp3) is 0.786. The van der Waals surface area contributed by atoms with E-state index in [1.165, 1.54) is 4.90 Å². The summed E-state index contributed by atoms with van der Waals surface area (Å²) in [7, 11) is 0. The predicted molar refractivity (Wildman–Crippen MR) is 76.7 cm³/mol. The van der Waals surface area contributed by atoms with Gasteiger partial charge in [-0.25, -0.2) is 14.0 Å². The normalized spacial score (nSPS) is 24.7. The number of esters is 1. The first-order valence-electron chi connectivity index (χ1n) is 7.71. The number of amidine groups is 1. The zero-order chi connectivity index (χ0) is 16.7. The van der Waals surface area contributed by atoms with Crippen molar-refractivity contribution in [2.75, 3.05) is 32.8 Å². The van der Waals surface area contributed by atoms with E-state index in [9.17, 15) is 14.0 Å². The lowest BCUT2D eigenvalue weighted by Gasteiger charge is -2.43. The highest BCUT2D eigenvalue weighted by Gasteiger charge is 2.53. The first kappa shape index (κ1) is 15.8. The van der Waals surface area contributed by atoms with Crippen LogP contribution in [0.2, 0.25) is 0 Å². The number of nitrogens with zero attached hydrogens (tertiary/aromatic N) is 3. The van der Waals surface area contributed by atoms with E-state index in [-0.39, 0.29) is 19.4 Å². The van der Waals surface area contributed by atoms with Gasteiger partial charge in [-0.15, -0.1) is 0 Å². The molecule has 0 radical (unpaired) electrons. The number of alkyl halides is 1. The molecule has 3 rings (SSSR count). The van der Waals surface area contributed by atoms with Crippen molar-refractivity contribution in [3.05, 3.63) is 0 Å². The summed E-state index contributed by atoms with van der Waals surface area (Å²) in [6.07, 6.45) is -0.351. The highest BCUT2D eigenvalue weighted by molar-refractivity contribution is 5.86. The molecule has 3 aliphatic heterocycles. The van der Waals surface area contributed by atoms with Gasteiger partial charge in [0.1, 0.15) is 5.84 Å². The molecule has 8 nitrogen and oxygen atoms in total. The number of carbonyl (C=O) groups is 2. The molecule has 0 bridgehead atoms. The summed E-state index contributed by atoms with van der Waals surface area (Å²) in [5, 5.41) is 12.9. The molecule has 23 heavy (non-hydrogen) atoms. The summed E-state index contributed by atoms with van der Waals surface area (Å²) < 4.78 is 19.3. The second kappa shape index (κ2) is 5.54. The van der Waals surface area contributed by atoms with Crippen molar-refractivity contribution in [3.8, 4) is 0 Å². The van der Waals surface area contributed by atoms with Gasteiger partial charge in [0.15, 0.2) is 5.60 Å².